The molecule has 8 nitrogen and oxygen atoms in total. The molecule has 1 N–H and O–H groups in total. The molecule has 1 saturated heterocycles. The average Bonchev–Trinajstić information content (AvgIpc) is 2.79. The van der Waals surface area contributed by atoms with Crippen LogP contribution in [0.5, 0.6) is 0 Å². The number of anilines is 1. The highest BCUT2D eigenvalue weighted by Crippen LogP contribution is 2.23. The van der Waals surface area contributed by atoms with Gasteiger partial charge >= 0.3 is 17.3 Å². The van der Waals surface area contributed by atoms with Crippen LogP contribution in [0.25, 0.3) is 5.69 Å². The van der Waals surface area contributed by atoms with Crippen LogP contribution in [-0.2, 0) is 6.54 Å². The molecule has 0 radical (unpaired) electrons. The molecule has 0 aliphatic carbocycles. The van der Waals surface area contributed by atoms with Crippen molar-refractivity contribution in [3.63, 3.8) is 0 Å². The molecule has 1 aliphatic heterocycles. The van der Waals surface area contributed by atoms with E-state index in [1.165, 1.54) is 16.7 Å². The van der Waals surface area contributed by atoms with Gasteiger partial charge in [-0.3, -0.25) is 0 Å². The standard InChI is InChI=1S/C24H25ClN4O4/c1-15-6-7-17(12-16(15)2)14-28-23(32)26-22(27-10-4-3-5-11-27)29(24(28)33)18-8-9-20(25)19(13-18)21(30)31/h6-9,12-13H,3-5,10-11,14H2,1-2H3,(H,30,31). The number of carboxylic acids is 1. The molecule has 1 fully saturated rings. The number of aromatic carboxylic acids is 1. The van der Waals surface area contributed by atoms with Crippen LogP contribution >= 0.6 is 11.6 Å². The molecule has 4 rings (SSSR count). The van der Waals surface area contributed by atoms with Crippen molar-refractivity contribution in [1.29, 1.82) is 0 Å². The van der Waals surface area contributed by atoms with Crippen molar-refractivity contribution in [1.82, 2.24) is 14.1 Å². The Labute approximate surface area is 195 Å². The zero-order valence-corrected chi connectivity index (χ0v) is 19.3. The van der Waals surface area contributed by atoms with Crippen LogP contribution < -0.4 is 16.3 Å². The number of carbonyl (C=O) groups is 1. The van der Waals surface area contributed by atoms with Crippen LogP contribution in [0.3, 0.4) is 0 Å². The van der Waals surface area contributed by atoms with Gasteiger partial charge < -0.3 is 10.0 Å². The Balaban J connectivity index is 1.91. The first kappa shape index (κ1) is 22.8. The van der Waals surface area contributed by atoms with Crippen LogP contribution in [0.4, 0.5) is 5.95 Å². The first-order valence-electron chi connectivity index (χ1n) is 10.8. The van der Waals surface area contributed by atoms with E-state index >= 15 is 0 Å². The topological polar surface area (TPSA) is 97.4 Å². The molecular formula is C24H25ClN4O4. The number of halogens is 1. The molecule has 2 aromatic carbocycles. The number of aryl methyl sites for hydroxylation is 2. The van der Waals surface area contributed by atoms with Gasteiger partial charge in [-0.2, -0.15) is 4.98 Å². The molecular weight excluding hydrogens is 444 g/mol. The predicted octanol–water partition coefficient (Wildman–Crippen LogP) is 3.40. The summed E-state index contributed by atoms with van der Waals surface area (Å²) in [4.78, 5) is 44.5. The molecule has 1 aromatic heterocycles. The van der Waals surface area contributed by atoms with E-state index in [2.05, 4.69) is 4.98 Å². The lowest BCUT2D eigenvalue weighted by molar-refractivity contribution is 0.0697. The van der Waals surface area contributed by atoms with Gasteiger partial charge in [-0.1, -0.05) is 29.8 Å². The monoisotopic (exact) mass is 468 g/mol. The SMILES string of the molecule is Cc1ccc(Cn2c(=O)nc(N3CCCCC3)n(-c3ccc(Cl)c(C(=O)O)c3)c2=O)cc1C. The molecule has 33 heavy (non-hydrogen) atoms. The van der Waals surface area contributed by atoms with E-state index in [0.29, 0.717) is 18.8 Å². The third-order valence-corrected chi connectivity index (χ3v) is 6.37. The van der Waals surface area contributed by atoms with Crippen molar-refractivity contribution in [3.8, 4) is 5.69 Å². The lowest BCUT2D eigenvalue weighted by atomic mass is 10.1. The number of hydrogen-bond donors (Lipinski definition) is 1. The summed E-state index contributed by atoms with van der Waals surface area (Å²) in [5.74, 6) is -0.981. The molecule has 0 unspecified atom stereocenters. The Morgan fingerprint density at radius 3 is 2.42 bits per heavy atom. The van der Waals surface area contributed by atoms with Gasteiger partial charge in [-0.25, -0.2) is 23.5 Å². The van der Waals surface area contributed by atoms with Gasteiger partial charge in [0.25, 0.3) is 0 Å². The summed E-state index contributed by atoms with van der Waals surface area (Å²) < 4.78 is 2.39. The van der Waals surface area contributed by atoms with Crippen molar-refractivity contribution in [2.45, 2.75) is 39.7 Å². The fourth-order valence-corrected chi connectivity index (χ4v) is 4.25. The normalized spacial score (nSPS) is 13.8. The Hall–Kier alpha value is -3.39. The summed E-state index contributed by atoms with van der Waals surface area (Å²) in [5.41, 5.74) is 1.93. The molecule has 0 spiro atoms. The maximum Gasteiger partial charge on any atom is 0.355 e. The van der Waals surface area contributed by atoms with E-state index in [0.717, 1.165) is 40.5 Å². The number of nitrogens with zero attached hydrogens (tertiary/aromatic N) is 4. The number of hydrogen-bond acceptors (Lipinski definition) is 5. The summed E-state index contributed by atoms with van der Waals surface area (Å²) in [6, 6.07) is 10.1. The molecule has 9 heteroatoms. The van der Waals surface area contributed by atoms with Gasteiger partial charge in [0.1, 0.15) is 0 Å². The van der Waals surface area contributed by atoms with E-state index < -0.39 is 17.3 Å². The number of benzene rings is 2. The minimum Gasteiger partial charge on any atom is -0.478 e. The minimum atomic E-state index is -1.20. The molecule has 3 aromatic rings. The van der Waals surface area contributed by atoms with Gasteiger partial charge in [0.05, 0.1) is 22.8 Å². The van der Waals surface area contributed by atoms with Gasteiger partial charge in [-0.05, 0) is 68.0 Å². The van der Waals surface area contributed by atoms with E-state index in [-0.39, 0.29) is 23.1 Å². The number of piperidine rings is 1. The highest BCUT2D eigenvalue weighted by molar-refractivity contribution is 6.33. The van der Waals surface area contributed by atoms with E-state index in [1.54, 1.807) is 6.07 Å². The molecule has 0 amide bonds. The summed E-state index contributed by atoms with van der Waals surface area (Å²) >= 11 is 6.05. The summed E-state index contributed by atoms with van der Waals surface area (Å²) in [5, 5.41) is 9.58. The fraction of sp³-hybridized carbons (Fsp3) is 0.333. The first-order valence-corrected chi connectivity index (χ1v) is 11.2. The van der Waals surface area contributed by atoms with Crippen molar-refractivity contribution in [3.05, 3.63) is 84.6 Å². The second-order valence-corrected chi connectivity index (χ2v) is 8.74. The maximum absolute atomic E-state index is 13.7. The lowest BCUT2D eigenvalue weighted by Crippen LogP contribution is -2.45. The van der Waals surface area contributed by atoms with Gasteiger partial charge in [0.2, 0.25) is 5.95 Å². The van der Waals surface area contributed by atoms with E-state index in [1.807, 2.05) is 36.9 Å². The predicted molar refractivity (Wildman–Crippen MR) is 127 cm³/mol. The Bertz CT molecular complexity index is 1340. The summed E-state index contributed by atoms with van der Waals surface area (Å²) in [6.45, 7) is 5.34. The second-order valence-electron chi connectivity index (χ2n) is 8.33. The smallest absolute Gasteiger partial charge is 0.355 e. The summed E-state index contributed by atoms with van der Waals surface area (Å²) in [7, 11) is 0. The quantitative estimate of drug-likeness (QED) is 0.616. The zero-order valence-electron chi connectivity index (χ0n) is 18.5. The van der Waals surface area contributed by atoms with Gasteiger partial charge in [-0.15, -0.1) is 0 Å². The van der Waals surface area contributed by atoms with E-state index in [9.17, 15) is 19.5 Å². The number of aromatic nitrogens is 3. The fourth-order valence-electron chi connectivity index (χ4n) is 4.05. The van der Waals surface area contributed by atoms with Gasteiger partial charge in [0.15, 0.2) is 0 Å². The van der Waals surface area contributed by atoms with Crippen LogP contribution in [0.15, 0.2) is 46.0 Å². The highest BCUT2D eigenvalue weighted by atomic mass is 35.5. The van der Waals surface area contributed by atoms with Crippen LogP contribution in [0, 0.1) is 13.8 Å². The lowest BCUT2D eigenvalue weighted by Gasteiger charge is -2.29. The van der Waals surface area contributed by atoms with Crippen molar-refractivity contribution in [2.24, 2.45) is 0 Å². The molecule has 0 atom stereocenters. The number of rotatable bonds is 5. The van der Waals surface area contributed by atoms with Crippen LogP contribution in [0.1, 0.15) is 46.3 Å². The first-order chi connectivity index (χ1) is 15.8. The maximum atomic E-state index is 13.7. The number of carboxylic acid groups (broad SMARTS) is 1. The van der Waals surface area contributed by atoms with Crippen LogP contribution in [0.2, 0.25) is 5.02 Å². The highest BCUT2D eigenvalue weighted by Gasteiger charge is 2.23. The Morgan fingerprint density at radius 1 is 1.03 bits per heavy atom. The van der Waals surface area contributed by atoms with Crippen LogP contribution in [-0.4, -0.2) is 38.3 Å². The largest absolute Gasteiger partial charge is 0.478 e. The molecule has 172 valence electrons. The minimum absolute atomic E-state index is 0.0610. The third kappa shape index (κ3) is 4.57. The van der Waals surface area contributed by atoms with E-state index in [4.69, 9.17) is 11.6 Å². The molecule has 2 heterocycles. The molecule has 1 aliphatic rings. The zero-order chi connectivity index (χ0) is 23.7. The second kappa shape index (κ2) is 9.23. The molecule has 0 saturated carbocycles. The molecule has 0 bridgehead atoms. The summed E-state index contributed by atoms with van der Waals surface area (Å²) in [6.07, 6.45) is 2.90. The Morgan fingerprint density at radius 2 is 1.76 bits per heavy atom. The Kier molecular flexibility index (Phi) is 6.37. The third-order valence-electron chi connectivity index (χ3n) is 6.04. The average molecular weight is 469 g/mol. The van der Waals surface area contributed by atoms with Crippen molar-refractivity contribution >= 4 is 23.5 Å². The van der Waals surface area contributed by atoms with Crippen molar-refractivity contribution in [2.75, 3.05) is 18.0 Å². The van der Waals surface area contributed by atoms with Crippen molar-refractivity contribution < 1.29 is 9.90 Å². The van der Waals surface area contributed by atoms with Gasteiger partial charge in [0, 0.05) is 13.1 Å².